The molecule has 0 bridgehead atoms. The molecule has 2 heterocycles. The molecular formula is C22H27N3O. The molecule has 1 saturated heterocycles. The third-order valence-corrected chi connectivity index (χ3v) is 5.52. The topological polar surface area (TPSA) is 52.1 Å². The number of aromatic amines is 1. The number of H-pyrrole nitrogens is 1. The molecule has 0 aliphatic carbocycles. The third kappa shape index (κ3) is 3.53. The van der Waals surface area contributed by atoms with Gasteiger partial charge in [0, 0.05) is 19.0 Å². The number of aromatic nitrogens is 2. The summed E-state index contributed by atoms with van der Waals surface area (Å²) in [6.45, 7) is 6.82. The zero-order valence-corrected chi connectivity index (χ0v) is 15.6. The molecule has 2 N–H and O–H groups in total. The van der Waals surface area contributed by atoms with Crippen molar-refractivity contribution in [3.63, 3.8) is 0 Å². The Labute approximate surface area is 154 Å². The number of rotatable bonds is 4. The Morgan fingerprint density at radius 1 is 1.23 bits per heavy atom. The predicted molar refractivity (Wildman–Crippen MR) is 105 cm³/mol. The number of β-amino-alcohol motifs (C(OH)–C–C–N with tert-alkyl or cyclic N) is 1. The normalized spacial score (nSPS) is 19.7. The van der Waals surface area contributed by atoms with Crippen molar-refractivity contribution in [3.05, 3.63) is 65.0 Å². The van der Waals surface area contributed by atoms with Gasteiger partial charge >= 0.3 is 0 Å². The second-order valence-electron chi connectivity index (χ2n) is 7.61. The Hall–Kier alpha value is -2.17. The predicted octanol–water partition coefficient (Wildman–Crippen LogP) is 4.09. The van der Waals surface area contributed by atoms with E-state index in [2.05, 4.69) is 54.1 Å². The smallest absolute Gasteiger partial charge is 0.111 e. The number of para-hydroxylation sites is 2. The van der Waals surface area contributed by atoms with Gasteiger partial charge in [-0.05, 0) is 56.5 Å². The zero-order chi connectivity index (χ0) is 18.1. The van der Waals surface area contributed by atoms with E-state index in [0.29, 0.717) is 12.5 Å². The number of hydrogen-bond acceptors (Lipinski definition) is 3. The second kappa shape index (κ2) is 7.22. The molecule has 0 unspecified atom stereocenters. The molecule has 1 fully saturated rings. The first-order valence-corrected chi connectivity index (χ1v) is 9.52. The fourth-order valence-corrected chi connectivity index (χ4v) is 4.07. The van der Waals surface area contributed by atoms with E-state index in [9.17, 15) is 5.11 Å². The molecule has 26 heavy (non-hydrogen) atoms. The number of nitrogens with one attached hydrogen (secondary N) is 1. The van der Waals surface area contributed by atoms with Crippen LogP contribution in [0.5, 0.6) is 0 Å². The van der Waals surface area contributed by atoms with Gasteiger partial charge in [0.05, 0.1) is 17.1 Å². The Kier molecular flexibility index (Phi) is 4.79. The molecule has 3 aromatic rings. The number of nitrogens with zero attached hydrogens (tertiary/aromatic N) is 2. The molecule has 2 atom stereocenters. The quantitative estimate of drug-likeness (QED) is 0.746. The second-order valence-corrected chi connectivity index (χ2v) is 7.61. The van der Waals surface area contributed by atoms with E-state index in [1.54, 1.807) is 0 Å². The number of aliphatic hydroxyl groups is 1. The Morgan fingerprint density at radius 3 is 2.92 bits per heavy atom. The maximum atomic E-state index is 10.8. The third-order valence-electron chi connectivity index (χ3n) is 5.52. The van der Waals surface area contributed by atoms with Crippen molar-refractivity contribution < 1.29 is 5.11 Å². The monoisotopic (exact) mass is 349 g/mol. The zero-order valence-electron chi connectivity index (χ0n) is 15.6. The Balaban J connectivity index is 1.47. The first kappa shape index (κ1) is 17.3. The van der Waals surface area contributed by atoms with E-state index >= 15 is 0 Å². The van der Waals surface area contributed by atoms with E-state index in [1.165, 1.54) is 5.56 Å². The first-order chi connectivity index (χ1) is 12.6. The SMILES string of the molecule is Cc1ccc(C)c([C@@H](O)CN2CCC[C@@H](c3nc4ccccc4[nH]3)C2)c1. The van der Waals surface area contributed by atoms with Crippen LogP contribution in [0.25, 0.3) is 11.0 Å². The minimum atomic E-state index is -0.440. The van der Waals surface area contributed by atoms with Crippen LogP contribution in [0.1, 0.15) is 47.4 Å². The molecule has 136 valence electrons. The average Bonchev–Trinajstić information content (AvgIpc) is 3.08. The molecule has 4 rings (SSSR count). The van der Waals surface area contributed by atoms with E-state index in [0.717, 1.165) is 53.9 Å². The highest BCUT2D eigenvalue weighted by molar-refractivity contribution is 5.74. The van der Waals surface area contributed by atoms with Gasteiger partial charge in [0.15, 0.2) is 0 Å². The van der Waals surface area contributed by atoms with Crippen LogP contribution in [0.2, 0.25) is 0 Å². The molecule has 0 radical (unpaired) electrons. The minimum Gasteiger partial charge on any atom is -0.387 e. The molecule has 1 aliphatic rings. The highest BCUT2D eigenvalue weighted by atomic mass is 16.3. The summed E-state index contributed by atoms with van der Waals surface area (Å²) in [4.78, 5) is 10.7. The van der Waals surface area contributed by atoms with Crippen molar-refractivity contribution in [3.8, 4) is 0 Å². The fraction of sp³-hybridized carbons (Fsp3) is 0.409. The van der Waals surface area contributed by atoms with E-state index < -0.39 is 6.10 Å². The first-order valence-electron chi connectivity index (χ1n) is 9.52. The lowest BCUT2D eigenvalue weighted by Gasteiger charge is -2.33. The molecule has 0 spiro atoms. The average molecular weight is 349 g/mol. The summed E-state index contributed by atoms with van der Waals surface area (Å²) < 4.78 is 0. The van der Waals surface area contributed by atoms with Crippen LogP contribution in [0.15, 0.2) is 42.5 Å². The lowest BCUT2D eigenvalue weighted by atomic mass is 9.95. The molecule has 2 aromatic carbocycles. The summed E-state index contributed by atoms with van der Waals surface area (Å²) in [5.74, 6) is 1.49. The number of benzene rings is 2. The minimum absolute atomic E-state index is 0.405. The van der Waals surface area contributed by atoms with Gasteiger partial charge in [-0.2, -0.15) is 0 Å². The van der Waals surface area contributed by atoms with Gasteiger partial charge < -0.3 is 10.1 Å². The van der Waals surface area contributed by atoms with E-state index in [4.69, 9.17) is 4.98 Å². The summed E-state index contributed by atoms with van der Waals surface area (Å²) in [6, 6.07) is 14.5. The van der Waals surface area contributed by atoms with Crippen molar-refractivity contribution in [1.82, 2.24) is 14.9 Å². The van der Waals surface area contributed by atoms with Crippen LogP contribution in [0.4, 0.5) is 0 Å². The van der Waals surface area contributed by atoms with Gasteiger partial charge in [0.2, 0.25) is 0 Å². The summed E-state index contributed by atoms with van der Waals surface area (Å²) in [7, 11) is 0. The summed E-state index contributed by atoms with van der Waals surface area (Å²) in [6.07, 6.45) is 1.85. The Bertz CT molecular complexity index is 868. The molecule has 1 aromatic heterocycles. The van der Waals surface area contributed by atoms with Crippen molar-refractivity contribution in [2.24, 2.45) is 0 Å². The fourth-order valence-electron chi connectivity index (χ4n) is 4.07. The summed E-state index contributed by atoms with van der Waals surface area (Å²) >= 11 is 0. The molecule has 1 aliphatic heterocycles. The molecule has 0 saturated carbocycles. The Morgan fingerprint density at radius 2 is 2.08 bits per heavy atom. The summed E-state index contributed by atoms with van der Waals surface area (Å²) in [5, 5.41) is 10.8. The highest BCUT2D eigenvalue weighted by Crippen LogP contribution is 2.28. The molecular weight excluding hydrogens is 322 g/mol. The number of fused-ring (bicyclic) bond motifs is 1. The summed E-state index contributed by atoms with van der Waals surface area (Å²) in [5.41, 5.74) is 5.55. The number of likely N-dealkylation sites (tertiary alicyclic amines) is 1. The van der Waals surface area contributed by atoms with Gasteiger partial charge in [-0.15, -0.1) is 0 Å². The number of aryl methyl sites for hydroxylation is 2. The maximum Gasteiger partial charge on any atom is 0.111 e. The largest absolute Gasteiger partial charge is 0.387 e. The maximum absolute atomic E-state index is 10.8. The van der Waals surface area contributed by atoms with Crippen LogP contribution < -0.4 is 0 Å². The van der Waals surface area contributed by atoms with Crippen LogP contribution in [-0.2, 0) is 0 Å². The van der Waals surface area contributed by atoms with Crippen molar-refractivity contribution in [1.29, 1.82) is 0 Å². The standard InChI is InChI=1S/C22H27N3O/c1-15-9-10-16(2)18(12-15)21(26)14-25-11-5-6-17(13-25)22-23-19-7-3-4-8-20(19)24-22/h3-4,7-10,12,17,21,26H,5-6,11,13-14H2,1-2H3,(H,23,24)/t17-,21+/m1/s1. The van der Waals surface area contributed by atoms with E-state index in [1.807, 2.05) is 12.1 Å². The van der Waals surface area contributed by atoms with Crippen LogP contribution in [0, 0.1) is 13.8 Å². The van der Waals surface area contributed by atoms with Crippen LogP contribution in [-0.4, -0.2) is 39.6 Å². The van der Waals surface area contributed by atoms with Crippen molar-refractivity contribution >= 4 is 11.0 Å². The van der Waals surface area contributed by atoms with Crippen LogP contribution >= 0.6 is 0 Å². The van der Waals surface area contributed by atoms with Gasteiger partial charge in [-0.3, -0.25) is 4.90 Å². The molecule has 4 nitrogen and oxygen atoms in total. The lowest BCUT2D eigenvalue weighted by molar-refractivity contribution is 0.0942. The van der Waals surface area contributed by atoms with Gasteiger partial charge in [-0.25, -0.2) is 4.98 Å². The van der Waals surface area contributed by atoms with Gasteiger partial charge in [0.1, 0.15) is 5.82 Å². The van der Waals surface area contributed by atoms with E-state index in [-0.39, 0.29) is 0 Å². The number of hydrogen-bond donors (Lipinski definition) is 2. The lowest BCUT2D eigenvalue weighted by Crippen LogP contribution is -2.37. The number of piperidine rings is 1. The molecule has 0 amide bonds. The van der Waals surface area contributed by atoms with Gasteiger partial charge in [-0.1, -0.05) is 35.9 Å². The number of aliphatic hydroxyl groups excluding tert-OH is 1. The number of imidazole rings is 1. The van der Waals surface area contributed by atoms with Crippen molar-refractivity contribution in [2.75, 3.05) is 19.6 Å². The van der Waals surface area contributed by atoms with Crippen molar-refractivity contribution in [2.45, 2.75) is 38.7 Å². The van der Waals surface area contributed by atoms with Gasteiger partial charge in [0.25, 0.3) is 0 Å². The van der Waals surface area contributed by atoms with Crippen LogP contribution in [0.3, 0.4) is 0 Å². The highest BCUT2D eigenvalue weighted by Gasteiger charge is 2.25. The molecule has 4 heteroatoms.